The summed E-state index contributed by atoms with van der Waals surface area (Å²) >= 11 is 0. The molecule has 1 unspecified atom stereocenters. The van der Waals surface area contributed by atoms with Gasteiger partial charge in [-0.1, -0.05) is 0 Å². The van der Waals surface area contributed by atoms with Crippen LogP contribution in [0.4, 0.5) is 19.1 Å². The summed E-state index contributed by atoms with van der Waals surface area (Å²) in [5, 5.41) is 10.5. The van der Waals surface area contributed by atoms with E-state index in [0.717, 1.165) is 13.0 Å². The average molecular weight is 395 g/mol. The highest BCUT2D eigenvalue weighted by molar-refractivity contribution is 5.38. The molecule has 0 spiro atoms. The predicted octanol–water partition coefficient (Wildman–Crippen LogP) is 1.85. The summed E-state index contributed by atoms with van der Waals surface area (Å²) in [7, 11) is 1.54. The van der Waals surface area contributed by atoms with E-state index in [0.29, 0.717) is 29.5 Å². The zero-order chi connectivity index (χ0) is 19.7. The predicted molar refractivity (Wildman–Crippen MR) is 90.2 cm³/mol. The molecule has 1 saturated heterocycles. The minimum absolute atomic E-state index is 0.00175. The van der Waals surface area contributed by atoms with Gasteiger partial charge in [-0.25, -0.2) is 4.98 Å². The third-order valence-corrected chi connectivity index (χ3v) is 4.35. The number of aromatic nitrogens is 6. The maximum atomic E-state index is 12.9. The number of alkyl halides is 3. The van der Waals surface area contributed by atoms with E-state index in [1.165, 1.54) is 19.2 Å². The smallest absolute Gasteiger partial charge is 0.453 e. The van der Waals surface area contributed by atoms with Gasteiger partial charge in [-0.2, -0.15) is 22.7 Å². The molecule has 4 rings (SSSR count). The number of hydrogen-bond donors (Lipinski definition) is 0. The van der Waals surface area contributed by atoms with E-state index in [4.69, 9.17) is 9.47 Å². The first-order valence-electron chi connectivity index (χ1n) is 8.48. The molecule has 1 aliphatic rings. The second kappa shape index (κ2) is 7.09. The first-order valence-corrected chi connectivity index (χ1v) is 8.48. The zero-order valence-corrected chi connectivity index (χ0v) is 14.8. The van der Waals surface area contributed by atoms with Crippen molar-refractivity contribution in [2.24, 2.45) is 5.92 Å². The quantitative estimate of drug-likeness (QED) is 0.647. The van der Waals surface area contributed by atoms with Gasteiger partial charge in [0.1, 0.15) is 0 Å². The van der Waals surface area contributed by atoms with Crippen LogP contribution in [0.1, 0.15) is 12.2 Å². The standard InChI is InChI=1S/C16H16F3N7O2/c1-27-12-4-6-20-15(21-12)25-7-5-10(8-25)9-28-13-3-2-11-22-23-14(16(17,18)19)26(11)24-13/h2-4,6,10H,5,7-9H2,1H3. The lowest BCUT2D eigenvalue weighted by Crippen LogP contribution is -2.24. The number of hydrogen-bond acceptors (Lipinski definition) is 8. The van der Waals surface area contributed by atoms with Crippen molar-refractivity contribution in [2.45, 2.75) is 12.6 Å². The SMILES string of the molecule is COc1ccnc(N2CCC(COc3ccc4nnc(C(F)(F)F)n4n3)C2)n1. The maximum Gasteiger partial charge on any atom is 0.453 e. The highest BCUT2D eigenvalue weighted by atomic mass is 19.4. The van der Waals surface area contributed by atoms with E-state index < -0.39 is 12.0 Å². The molecule has 0 aliphatic carbocycles. The lowest BCUT2D eigenvalue weighted by atomic mass is 10.1. The fourth-order valence-electron chi connectivity index (χ4n) is 2.98. The van der Waals surface area contributed by atoms with Crippen LogP contribution in [0.2, 0.25) is 0 Å². The van der Waals surface area contributed by atoms with Crippen molar-refractivity contribution in [3.8, 4) is 11.8 Å². The molecule has 0 saturated carbocycles. The summed E-state index contributed by atoms with van der Waals surface area (Å²) < 4.78 is 50.2. The van der Waals surface area contributed by atoms with Crippen molar-refractivity contribution < 1.29 is 22.6 Å². The molecule has 3 aromatic rings. The van der Waals surface area contributed by atoms with Gasteiger partial charge < -0.3 is 14.4 Å². The fraction of sp³-hybridized carbons (Fsp3) is 0.438. The van der Waals surface area contributed by atoms with Crippen LogP contribution in [0.3, 0.4) is 0 Å². The van der Waals surface area contributed by atoms with Crippen molar-refractivity contribution in [3.05, 3.63) is 30.2 Å². The van der Waals surface area contributed by atoms with Crippen molar-refractivity contribution >= 4 is 11.6 Å². The number of fused-ring (bicyclic) bond motifs is 1. The third kappa shape index (κ3) is 3.62. The number of nitrogens with zero attached hydrogens (tertiary/aromatic N) is 7. The molecule has 1 atom stereocenters. The van der Waals surface area contributed by atoms with E-state index in [1.54, 1.807) is 12.3 Å². The van der Waals surface area contributed by atoms with Gasteiger partial charge in [0.2, 0.25) is 17.7 Å². The molecule has 4 heterocycles. The highest BCUT2D eigenvalue weighted by Crippen LogP contribution is 2.28. The van der Waals surface area contributed by atoms with Crippen LogP contribution in [0.15, 0.2) is 24.4 Å². The number of rotatable bonds is 5. The number of methoxy groups -OCH3 is 1. The third-order valence-electron chi connectivity index (χ3n) is 4.35. The highest BCUT2D eigenvalue weighted by Gasteiger charge is 2.37. The molecule has 28 heavy (non-hydrogen) atoms. The van der Waals surface area contributed by atoms with Gasteiger partial charge in [-0.15, -0.1) is 15.3 Å². The minimum Gasteiger partial charge on any atom is -0.481 e. The normalized spacial score (nSPS) is 17.3. The summed E-state index contributed by atoms with van der Waals surface area (Å²) in [6, 6.07) is 4.53. The van der Waals surface area contributed by atoms with Crippen LogP contribution in [0.25, 0.3) is 5.65 Å². The Morgan fingerprint density at radius 1 is 1.18 bits per heavy atom. The molecular formula is C16H16F3N7O2. The Bertz CT molecular complexity index is 978. The summed E-state index contributed by atoms with van der Waals surface area (Å²) in [5.74, 6) is 0.108. The van der Waals surface area contributed by atoms with Crippen LogP contribution in [0.5, 0.6) is 11.8 Å². The Balaban J connectivity index is 1.41. The molecular weight excluding hydrogens is 379 g/mol. The van der Waals surface area contributed by atoms with Crippen LogP contribution in [0, 0.1) is 5.92 Å². The van der Waals surface area contributed by atoms with E-state index in [9.17, 15) is 13.2 Å². The van der Waals surface area contributed by atoms with Gasteiger partial charge in [0, 0.05) is 37.3 Å². The maximum absolute atomic E-state index is 12.9. The van der Waals surface area contributed by atoms with E-state index in [2.05, 4.69) is 25.3 Å². The van der Waals surface area contributed by atoms with Gasteiger partial charge in [0.05, 0.1) is 13.7 Å². The average Bonchev–Trinajstić information content (AvgIpc) is 3.32. The zero-order valence-electron chi connectivity index (χ0n) is 14.8. The van der Waals surface area contributed by atoms with Gasteiger partial charge in [-0.3, -0.25) is 0 Å². The molecule has 0 N–H and O–H groups in total. The van der Waals surface area contributed by atoms with Gasteiger partial charge in [0.15, 0.2) is 5.65 Å². The van der Waals surface area contributed by atoms with E-state index in [1.807, 2.05) is 4.90 Å². The summed E-state index contributed by atoms with van der Waals surface area (Å²) in [4.78, 5) is 10.6. The Labute approximate surface area is 157 Å². The summed E-state index contributed by atoms with van der Waals surface area (Å²) in [6.45, 7) is 1.72. The number of ether oxygens (including phenoxy) is 2. The lowest BCUT2D eigenvalue weighted by Gasteiger charge is -2.16. The molecule has 148 valence electrons. The molecule has 0 aromatic carbocycles. The molecule has 0 bridgehead atoms. The molecule has 1 aliphatic heterocycles. The molecule has 0 radical (unpaired) electrons. The Morgan fingerprint density at radius 2 is 2.04 bits per heavy atom. The van der Waals surface area contributed by atoms with Gasteiger partial charge in [0.25, 0.3) is 5.82 Å². The largest absolute Gasteiger partial charge is 0.481 e. The monoisotopic (exact) mass is 395 g/mol. The van der Waals surface area contributed by atoms with Crippen molar-refractivity contribution in [3.63, 3.8) is 0 Å². The topological polar surface area (TPSA) is 90.6 Å². The summed E-state index contributed by atoms with van der Waals surface area (Å²) in [6.07, 6.45) is -2.18. The second-order valence-electron chi connectivity index (χ2n) is 6.27. The van der Waals surface area contributed by atoms with E-state index in [-0.39, 0.29) is 17.4 Å². The first-order chi connectivity index (χ1) is 13.4. The Kier molecular flexibility index (Phi) is 4.61. The van der Waals surface area contributed by atoms with Crippen molar-refractivity contribution in [1.29, 1.82) is 0 Å². The molecule has 3 aromatic heterocycles. The van der Waals surface area contributed by atoms with Crippen LogP contribution in [-0.2, 0) is 6.18 Å². The molecule has 1 fully saturated rings. The van der Waals surface area contributed by atoms with Gasteiger partial charge in [-0.05, 0) is 12.5 Å². The van der Waals surface area contributed by atoms with E-state index >= 15 is 0 Å². The lowest BCUT2D eigenvalue weighted by molar-refractivity contribution is -0.146. The van der Waals surface area contributed by atoms with Gasteiger partial charge >= 0.3 is 6.18 Å². The molecule has 9 nitrogen and oxygen atoms in total. The van der Waals surface area contributed by atoms with Crippen molar-refractivity contribution in [1.82, 2.24) is 29.8 Å². The fourth-order valence-corrected chi connectivity index (χ4v) is 2.98. The molecule has 12 heteroatoms. The number of anilines is 1. The minimum atomic E-state index is -4.65. The Morgan fingerprint density at radius 3 is 2.82 bits per heavy atom. The van der Waals surface area contributed by atoms with Crippen LogP contribution in [-0.4, -0.2) is 56.6 Å². The van der Waals surface area contributed by atoms with Crippen LogP contribution >= 0.6 is 0 Å². The van der Waals surface area contributed by atoms with Crippen LogP contribution < -0.4 is 14.4 Å². The Hall–Kier alpha value is -3.18. The first kappa shape index (κ1) is 18.2. The second-order valence-corrected chi connectivity index (χ2v) is 6.27. The van der Waals surface area contributed by atoms with Crippen molar-refractivity contribution in [2.75, 3.05) is 31.7 Å². The number of halogens is 3. The molecule has 0 amide bonds. The summed E-state index contributed by atoms with van der Waals surface area (Å²) in [5.41, 5.74) is 0.00175.